The molecule has 8 rings (SSSR count). The molecule has 202 valence electrons. The first-order valence-electron chi connectivity index (χ1n) is 14.8. The smallest absolute Gasteiger partial charge is 0.0544 e. The fourth-order valence-electron chi connectivity index (χ4n) is 6.84. The van der Waals surface area contributed by atoms with E-state index in [4.69, 9.17) is 0 Å². The van der Waals surface area contributed by atoms with Crippen molar-refractivity contribution >= 4 is 43.6 Å². The van der Waals surface area contributed by atoms with Crippen LogP contribution in [0.2, 0.25) is 0 Å². The molecule has 0 fully saturated rings. The Hall–Kier alpha value is -5.08. The van der Waals surface area contributed by atoms with Crippen molar-refractivity contribution in [1.29, 1.82) is 0 Å². The highest BCUT2D eigenvalue weighted by atomic mass is 15.0. The van der Waals surface area contributed by atoms with Gasteiger partial charge in [-0.2, -0.15) is 0 Å². The second-order valence-corrected chi connectivity index (χ2v) is 12.0. The van der Waals surface area contributed by atoms with Crippen molar-refractivity contribution in [1.82, 2.24) is 9.13 Å². The van der Waals surface area contributed by atoms with Gasteiger partial charge in [0, 0.05) is 32.9 Å². The van der Waals surface area contributed by atoms with Gasteiger partial charge in [0.15, 0.2) is 0 Å². The van der Waals surface area contributed by atoms with Crippen LogP contribution in [0, 0.1) is 0 Å². The van der Waals surface area contributed by atoms with Gasteiger partial charge in [-0.3, -0.25) is 0 Å². The summed E-state index contributed by atoms with van der Waals surface area (Å²) < 4.78 is 4.82. The summed E-state index contributed by atoms with van der Waals surface area (Å²) >= 11 is 0. The number of rotatable bonds is 5. The molecule has 0 aliphatic heterocycles. The molecule has 0 saturated heterocycles. The van der Waals surface area contributed by atoms with Crippen LogP contribution in [0.15, 0.2) is 146 Å². The van der Waals surface area contributed by atoms with Crippen molar-refractivity contribution in [2.45, 2.75) is 25.7 Å². The number of fused-ring (bicyclic) bond motifs is 6. The van der Waals surface area contributed by atoms with Crippen molar-refractivity contribution in [3.8, 4) is 11.4 Å². The summed E-state index contributed by atoms with van der Waals surface area (Å²) in [5.41, 5.74) is 10.0. The molecule has 0 radical (unpaired) electrons. The maximum absolute atomic E-state index is 2.42. The van der Waals surface area contributed by atoms with Gasteiger partial charge < -0.3 is 9.13 Å². The average molecular weight is 541 g/mol. The van der Waals surface area contributed by atoms with E-state index in [9.17, 15) is 0 Å². The number of aromatic nitrogens is 2. The number of hydrogen-bond acceptors (Lipinski definition) is 0. The van der Waals surface area contributed by atoms with E-state index in [2.05, 4.69) is 169 Å². The third-order valence-corrected chi connectivity index (χ3v) is 8.87. The van der Waals surface area contributed by atoms with Crippen LogP contribution in [0.1, 0.15) is 25.0 Å². The van der Waals surface area contributed by atoms with Crippen LogP contribution in [0.5, 0.6) is 0 Å². The van der Waals surface area contributed by atoms with E-state index in [1.54, 1.807) is 0 Å². The highest BCUT2D eigenvalue weighted by molar-refractivity contribution is 6.10. The zero-order chi connectivity index (χ0) is 28.3. The molecular weight excluding hydrogens is 508 g/mol. The SMILES string of the molecule is CC(C)(Cc1ccc2c3ccccc3n(-c3ccccc3)c2c1)c1ccc2c3ccccc3n(-c3ccccc3)c2c1. The van der Waals surface area contributed by atoms with Gasteiger partial charge in [-0.1, -0.05) is 111 Å². The Morgan fingerprint density at radius 2 is 0.881 bits per heavy atom. The van der Waals surface area contributed by atoms with Gasteiger partial charge in [-0.25, -0.2) is 0 Å². The largest absolute Gasteiger partial charge is 0.309 e. The summed E-state index contributed by atoms with van der Waals surface area (Å²) in [7, 11) is 0. The van der Waals surface area contributed by atoms with Gasteiger partial charge >= 0.3 is 0 Å². The first-order chi connectivity index (χ1) is 20.6. The third-order valence-electron chi connectivity index (χ3n) is 8.87. The predicted molar refractivity (Wildman–Crippen MR) is 178 cm³/mol. The quantitative estimate of drug-likeness (QED) is 0.205. The summed E-state index contributed by atoms with van der Waals surface area (Å²) in [4.78, 5) is 0. The molecule has 8 aromatic rings. The first kappa shape index (κ1) is 24.7. The third kappa shape index (κ3) is 3.87. The van der Waals surface area contributed by atoms with Crippen molar-refractivity contribution < 1.29 is 0 Å². The highest BCUT2D eigenvalue weighted by Crippen LogP contribution is 2.38. The topological polar surface area (TPSA) is 9.86 Å². The van der Waals surface area contributed by atoms with Gasteiger partial charge in [0.2, 0.25) is 0 Å². The maximum atomic E-state index is 2.42. The van der Waals surface area contributed by atoms with Gasteiger partial charge in [-0.05, 0) is 71.5 Å². The number of nitrogens with zero attached hydrogens (tertiary/aromatic N) is 2. The van der Waals surface area contributed by atoms with Crippen molar-refractivity contribution in [2.24, 2.45) is 0 Å². The maximum Gasteiger partial charge on any atom is 0.0544 e. The summed E-state index contributed by atoms with van der Waals surface area (Å²) in [5.74, 6) is 0. The zero-order valence-corrected chi connectivity index (χ0v) is 24.0. The molecule has 0 unspecified atom stereocenters. The Bertz CT molecular complexity index is 2230. The fourth-order valence-corrected chi connectivity index (χ4v) is 6.84. The van der Waals surface area contributed by atoms with E-state index >= 15 is 0 Å². The minimum Gasteiger partial charge on any atom is -0.309 e. The van der Waals surface area contributed by atoms with Gasteiger partial charge in [0.05, 0.1) is 22.1 Å². The minimum atomic E-state index is -0.0660. The van der Waals surface area contributed by atoms with Crippen molar-refractivity contribution in [3.05, 3.63) is 157 Å². The van der Waals surface area contributed by atoms with Crippen molar-refractivity contribution in [3.63, 3.8) is 0 Å². The van der Waals surface area contributed by atoms with Crippen LogP contribution in [0.25, 0.3) is 55.0 Å². The molecule has 0 aliphatic rings. The monoisotopic (exact) mass is 540 g/mol. The Balaban J connectivity index is 1.26. The van der Waals surface area contributed by atoms with Crippen LogP contribution in [-0.2, 0) is 11.8 Å². The summed E-state index contributed by atoms with van der Waals surface area (Å²) in [6.45, 7) is 4.75. The fraction of sp³-hybridized carbons (Fsp3) is 0.100. The predicted octanol–water partition coefficient (Wildman–Crippen LogP) is 10.4. The van der Waals surface area contributed by atoms with Crippen molar-refractivity contribution in [2.75, 3.05) is 0 Å². The number of para-hydroxylation sites is 4. The van der Waals surface area contributed by atoms with E-state index in [1.165, 1.54) is 66.1 Å². The minimum absolute atomic E-state index is 0.0660. The van der Waals surface area contributed by atoms with Crippen LogP contribution in [0.4, 0.5) is 0 Å². The normalized spacial score (nSPS) is 12.1. The summed E-state index contributed by atoms with van der Waals surface area (Å²) in [5, 5.41) is 5.17. The molecule has 0 spiro atoms. The molecule has 2 heterocycles. The van der Waals surface area contributed by atoms with E-state index in [-0.39, 0.29) is 5.41 Å². The molecule has 42 heavy (non-hydrogen) atoms. The molecule has 2 heteroatoms. The lowest BCUT2D eigenvalue weighted by atomic mass is 9.79. The molecule has 2 aromatic heterocycles. The zero-order valence-electron chi connectivity index (χ0n) is 24.0. The van der Waals surface area contributed by atoms with Crippen LogP contribution in [-0.4, -0.2) is 9.13 Å². The Morgan fingerprint density at radius 1 is 0.429 bits per heavy atom. The highest BCUT2D eigenvalue weighted by Gasteiger charge is 2.24. The van der Waals surface area contributed by atoms with Crippen LogP contribution >= 0.6 is 0 Å². The second-order valence-electron chi connectivity index (χ2n) is 12.0. The van der Waals surface area contributed by atoms with E-state index in [0.717, 1.165) is 6.42 Å². The van der Waals surface area contributed by atoms with Crippen LogP contribution < -0.4 is 0 Å². The first-order valence-corrected chi connectivity index (χ1v) is 14.8. The Morgan fingerprint density at radius 3 is 1.45 bits per heavy atom. The van der Waals surface area contributed by atoms with Gasteiger partial charge in [-0.15, -0.1) is 0 Å². The summed E-state index contributed by atoms with van der Waals surface area (Å²) in [6, 6.07) is 53.0. The van der Waals surface area contributed by atoms with Gasteiger partial charge in [0.1, 0.15) is 0 Å². The lowest BCUT2D eigenvalue weighted by Crippen LogP contribution is -2.20. The van der Waals surface area contributed by atoms with Gasteiger partial charge in [0.25, 0.3) is 0 Å². The standard InChI is InChI=1S/C40H32N2/c1-40(2,29-22-24-35-33-18-10-12-20-37(33)42(39(35)26-29)31-15-7-4-8-16-31)27-28-21-23-34-32-17-9-11-19-36(32)41(38(34)25-28)30-13-5-3-6-14-30/h3-26H,27H2,1-2H3. The lowest BCUT2D eigenvalue weighted by Gasteiger charge is -2.26. The van der Waals surface area contributed by atoms with E-state index in [1.807, 2.05) is 0 Å². The number of hydrogen-bond donors (Lipinski definition) is 0. The molecule has 0 aliphatic carbocycles. The molecule has 6 aromatic carbocycles. The summed E-state index contributed by atoms with van der Waals surface area (Å²) in [6.07, 6.45) is 0.941. The van der Waals surface area contributed by atoms with Crippen LogP contribution in [0.3, 0.4) is 0 Å². The van der Waals surface area contributed by atoms with E-state index < -0.39 is 0 Å². The Kier molecular flexibility index (Phi) is 5.58. The molecule has 0 saturated carbocycles. The second kappa shape index (κ2) is 9.49. The van der Waals surface area contributed by atoms with E-state index in [0.29, 0.717) is 0 Å². The Labute approximate surface area is 246 Å². The molecule has 0 N–H and O–H groups in total. The molecule has 0 bridgehead atoms. The molecular formula is C40H32N2. The average Bonchev–Trinajstić information content (AvgIpc) is 3.54. The molecule has 0 amide bonds. The molecule has 0 atom stereocenters. The molecule has 2 nitrogen and oxygen atoms in total. The number of benzene rings is 6. The lowest BCUT2D eigenvalue weighted by molar-refractivity contribution is 0.523.